The third-order valence-corrected chi connectivity index (χ3v) is 3.01. The summed E-state index contributed by atoms with van der Waals surface area (Å²) in [7, 11) is 0. The Bertz CT molecular complexity index is 377. The summed E-state index contributed by atoms with van der Waals surface area (Å²) in [6.45, 7) is 4.00. The number of aromatic hydroxyl groups is 1. The Morgan fingerprint density at radius 1 is 1.33 bits per heavy atom. The predicted molar refractivity (Wildman–Crippen MR) is 62.1 cm³/mol. The minimum absolute atomic E-state index is 0.255. The number of nitrogens with two attached hydrogens (primary N) is 1. The highest BCUT2D eigenvalue weighted by Crippen LogP contribution is 2.33. The summed E-state index contributed by atoms with van der Waals surface area (Å²) in [5.41, 5.74) is 9.57. The maximum Gasteiger partial charge on any atom is 0.119 e. The van der Waals surface area contributed by atoms with E-state index in [-0.39, 0.29) is 5.54 Å². The normalized spacial score (nSPS) is 15.4. The topological polar surface area (TPSA) is 46.2 Å². The Labute approximate surface area is 91.1 Å². The first-order valence-electron chi connectivity index (χ1n) is 5.59. The zero-order chi connectivity index (χ0) is 11.1. The molecule has 0 radical (unpaired) electrons. The Hall–Kier alpha value is -1.02. The van der Waals surface area contributed by atoms with Gasteiger partial charge >= 0.3 is 0 Å². The lowest BCUT2D eigenvalue weighted by Gasteiger charge is -2.21. The third kappa shape index (κ3) is 2.15. The second kappa shape index (κ2) is 3.53. The fourth-order valence-corrected chi connectivity index (χ4v) is 2.38. The van der Waals surface area contributed by atoms with Gasteiger partial charge in [0.05, 0.1) is 0 Å². The fraction of sp³-hybridized carbons (Fsp3) is 0.538. The Morgan fingerprint density at radius 3 is 2.73 bits per heavy atom. The molecule has 2 nitrogen and oxygen atoms in total. The van der Waals surface area contributed by atoms with Crippen molar-refractivity contribution in [2.75, 3.05) is 0 Å². The van der Waals surface area contributed by atoms with Crippen LogP contribution < -0.4 is 5.73 Å². The van der Waals surface area contributed by atoms with E-state index in [0.29, 0.717) is 5.75 Å². The van der Waals surface area contributed by atoms with Crippen LogP contribution in [0.25, 0.3) is 0 Å². The maximum absolute atomic E-state index is 9.88. The van der Waals surface area contributed by atoms with Crippen LogP contribution in [0.4, 0.5) is 0 Å². The predicted octanol–water partition coefficient (Wildman–Crippen LogP) is 2.16. The van der Waals surface area contributed by atoms with E-state index in [2.05, 4.69) is 0 Å². The number of phenolic OH excluding ortho intramolecular Hbond substituents is 1. The van der Waals surface area contributed by atoms with Crippen molar-refractivity contribution >= 4 is 0 Å². The van der Waals surface area contributed by atoms with Gasteiger partial charge in [-0.3, -0.25) is 0 Å². The van der Waals surface area contributed by atoms with Gasteiger partial charge in [-0.15, -0.1) is 0 Å². The van der Waals surface area contributed by atoms with E-state index in [1.807, 2.05) is 26.0 Å². The van der Waals surface area contributed by atoms with Crippen LogP contribution in [0, 0.1) is 0 Å². The molecule has 2 heteroatoms. The second-order valence-corrected chi connectivity index (χ2v) is 5.22. The molecule has 0 atom stereocenters. The van der Waals surface area contributed by atoms with Crippen LogP contribution in [-0.2, 0) is 19.3 Å². The zero-order valence-electron chi connectivity index (χ0n) is 9.51. The van der Waals surface area contributed by atoms with Gasteiger partial charge in [0.1, 0.15) is 5.75 Å². The quantitative estimate of drug-likeness (QED) is 0.777. The van der Waals surface area contributed by atoms with Crippen LogP contribution in [0.2, 0.25) is 0 Å². The van der Waals surface area contributed by atoms with Crippen LogP contribution in [0.15, 0.2) is 12.1 Å². The smallest absolute Gasteiger partial charge is 0.119 e. The third-order valence-electron chi connectivity index (χ3n) is 3.01. The Balaban J connectivity index is 2.41. The molecule has 0 aromatic heterocycles. The first-order chi connectivity index (χ1) is 6.97. The lowest BCUT2D eigenvalue weighted by Crippen LogP contribution is -2.34. The number of benzene rings is 1. The molecule has 82 valence electrons. The molecule has 1 aromatic carbocycles. The number of phenols is 1. The molecule has 0 spiro atoms. The van der Waals surface area contributed by atoms with Crippen molar-refractivity contribution in [2.45, 2.75) is 45.1 Å². The van der Waals surface area contributed by atoms with Crippen LogP contribution in [0.5, 0.6) is 5.75 Å². The van der Waals surface area contributed by atoms with E-state index in [1.165, 1.54) is 17.5 Å². The van der Waals surface area contributed by atoms with Gasteiger partial charge in [-0.2, -0.15) is 0 Å². The molecular formula is C13H19NO. The molecule has 0 bridgehead atoms. The van der Waals surface area contributed by atoms with Gasteiger partial charge in [0.2, 0.25) is 0 Å². The number of hydrogen-bond donors (Lipinski definition) is 2. The highest BCUT2D eigenvalue weighted by molar-refractivity contribution is 5.47. The van der Waals surface area contributed by atoms with E-state index in [9.17, 15) is 5.11 Å². The first-order valence-corrected chi connectivity index (χ1v) is 5.59. The van der Waals surface area contributed by atoms with E-state index in [0.717, 1.165) is 24.8 Å². The molecule has 15 heavy (non-hydrogen) atoms. The van der Waals surface area contributed by atoms with Crippen molar-refractivity contribution in [3.05, 3.63) is 28.8 Å². The van der Waals surface area contributed by atoms with Crippen molar-refractivity contribution < 1.29 is 5.11 Å². The fourth-order valence-electron chi connectivity index (χ4n) is 2.38. The minimum atomic E-state index is -0.255. The van der Waals surface area contributed by atoms with E-state index >= 15 is 0 Å². The molecule has 0 aliphatic heterocycles. The molecule has 3 N–H and O–H groups in total. The van der Waals surface area contributed by atoms with Gasteiger partial charge in [-0.1, -0.05) is 6.07 Å². The molecule has 1 aliphatic carbocycles. The van der Waals surface area contributed by atoms with E-state index in [1.54, 1.807) is 0 Å². The van der Waals surface area contributed by atoms with Crippen molar-refractivity contribution in [1.82, 2.24) is 0 Å². The van der Waals surface area contributed by atoms with Gasteiger partial charge in [0.25, 0.3) is 0 Å². The largest absolute Gasteiger partial charge is 0.508 e. The maximum atomic E-state index is 9.88. The summed E-state index contributed by atoms with van der Waals surface area (Å²) < 4.78 is 0. The highest BCUT2D eigenvalue weighted by atomic mass is 16.3. The van der Waals surface area contributed by atoms with Gasteiger partial charge in [-0.25, -0.2) is 0 Å². The highest BCUT2D eigenvalue weighted by Gasteiger charge is 2.21. The van der Waals surface area contributed by atoms with Gasteiger partial charge in [0, 0.05) is 5.54 Å². The zero-order valence-corrected chi connectivity index (χ0v) is 9.51. The number of rotatable bonds is 2. The lowest BCUT2D eigenvalue weighted by molar-refractivity contribution is 0.448. The number of hydrogen-bond acceptors (Lipinski definition) is 2. The summed E-state index contributed by atoms with van der Waals surface area (Å²) in [5, 5.41) is 9.88. The minimum Gasteiger partial charge on any atom is -0.508 e. The number of aryl methyl sites for hydroxylation is 1. The second-order valence-electron chi connectivity index (χ2n) is 5.22. The summed E-state index contributed by atoms with van der Waals surface area (Å²) in [4.78, 5) is 0. The van der Waals surface area contributed by atoms with Gasteiger partial charge in [-0.05, 0) is 62.3 Å². The molecule has 0 saturated carbocycles. The SMILES string of the molecule is CC(C)(N)Cc1c(O)ccc2c1CCC2. The van der Waals surface area contributed by atoms with Gasteiger partial charge in [0.15, 0.2) is 0 Å². The molecule has 2 rings (SSSR count). The molecule has 1 aliphatic rings. The standard InChI is InChI=1S/C13H19NO/c1-13(2,14)8-11-10-5-3-4-9(10)6-7-12(11)15/h6-7,15H,3-5,8,14H2,1-2H3. The van der Waals surface area contributed by atoms with Crippen LogP contribution in [-0.4, -0.2) is 10.6 Å². The van der Waals surface area contributed by atoms with E-state index in [4.69, 9.17) is 5.73 Å². The van der Waals surface area contributed by atoms with Gasteiger partial charge < -0.3 is 10.8 Å². The average Bonchev–Trinajstić information content (AvgIpc) is 2.56. The monoisotopic (exact) mass is 205 g/mol. The Kier molecular flexibility index (Phi) is 2.47. The molecule has 1 aromatic rings. The Morgan fingerprint density at radius 2 is 2.07 bits per heavy atom. The van der Waals surface area contributed by atoms with Crippen molar-refractivity contribution in [3.63, 3.8) is 0 Å². The molecule has 0 heterocycles. The number of fused-ring (bicyclic) bond motifs is 1. The lowest BCUT2D eigenvalue weighted by atomic mass is 9.90. The van der Waals surface area contributed by atoms with Crippen LogP contribution in [0.3, 0.4) is 0 Å². The van der Waals surface area contributed by atoms with Crippen LogP contribution in [0.1, 0.15) is 37.0 Å². The van der Waals surface area contributed by atoms with Crippen LogP contribution >= 0.6 is 0 Å². The molecule has 0 fully saturated rings. The first kappa shape index (κ1) is 10.5. The summed E-state index contributed by atoms with van der Waals surface area (Å²) in [6, 6.07) is 3.86. The van der Waals surface area contributed by atoms with Crippen molar-refractivity contribution in [3.8, 4) is 5.75 Å². The average molecular weight is 205 g/mol. The summed E-state index contributed by atoms with van der Waals surface area (Å²) in [6.07, 6.45) is 4.20. The molecule has 0 unspecified atom stereocenters. The molecule has 0 amide bonds. The molecule has 0 saturated heterocycles. The summed E-state index contributed by atoms with van der Waals surface area (Å²) in [5.74, 6) is 0.411. The summed E-state index contributed by atoms with van der Waals surface area (Å²) >= 11 is 0. The van der Waals surface area contributed by atoms with Crippen molar-refractivity contribution in [2.24, 2.45) is 5.73 Å². The van der Waals surface area contributed by atoms with Crippen molar-refractivity contribution in [1.29, 1.82) is 0 Å². The molecular weight excluding hydrogens is 186 g/mol. The van der Waals surface area contributed by atoms with E-state index < -0.39 is 0 Å².